The number of hydrogen-bond acceptors (Lipinski definition) is 9. The number of aliphatic carboxylic acids is 1. The van der Waals surface area contributed by atoms with Crippen molar-refractivity contribution in [2.24, 2.45) is 0 Å². The minimum atomic E-state index is -4.72. The number of rotatable bonds is 10. The zero-order valence-corrected chi connectivity index (χ0v) is 25.3. The predicted molar refractivity (Wildman–Crippen MR) is 157 cm³/mol. The number of carboxylic acids is 1. The number of hydrogen-bond donors (Lipinski definition) is 1. The predicted octanol–water partition coefficient (Wildman–Crippen LogP) is 5.15. The molecule has 0 spiro atoms. The van der Waals surface area contributed by atoms with E-state index < -0.39 is 23.5 Å². The largest absolute Gasteiger partial charge is 0.481 e. The van der Waals surface area contributed by atoms with Crippen molar-refractivity contribution in [2.75, 3.05) is 37.6 Å². The second-order valence-corrected chi connectivity index (χ2v) is 12.6. The Balaban J connectivity index is 1.33. The van der Waals surface area contributed by atoms with Gasteiger partial charge in [-0.2, -0.15) is 13.2 Å². The van der Waals surface area contributed by atoms with Crippen LogP contribution in [-0.2, 0) is 23.9 Å². The summed E-state index contributed by atoms with van der Waals surface area (Å²) in [5.41, 5.74) is -0.685. The van der Waals surface area contributed by atoms with Gasteiger partial charge in [0, 0.05) is 61.8 Å². The molecule has 0 unspecified atom stereocenters. The van der Waals surface area contributed by atoms with E-state index in [1.165, 1.54) is 23.7 Å². The van der Waals surface area contributed by atoms with Crippen LogP contribution in [0.4, 0.5) is 23.4 Å². The van der Waals surface area contributed by atoms with Crippen LogP contribution in [0, 0.1) is 5.82 Å². The molecule has 2 aliphatic rings. The maximum absolute atomic E-state index is 14.4. The number of alkyl halides is 3. The second-order valence-electron chi connectivity index (χ2n) is 11.4. The van der Waals surface area contributed by atoms with E-state index in [1.807, 2.05) is 4.90 Å². The number of anilines is 1. The van der Waals surface area contributed by atoms with Gasteiger partial charge in [0.25, 0.3) is 0 Å². The van der Waals surface area contributed by atoms with Crippen LogP contribution in [-0.4, -0.2) is 86.4 Å². The Kier molecular flexibility index (Phi) is 9.61. The van der Waals surface area contributed by atoms with Crippen molar-refractivity contribution in [3.05, 3.63) is 57.6 Å². The van der Waals surface area contributed by atoms with Gasteiger partial charge in [-0.15, -0.1) is 11.3 Å². The minimum Gasteiger partial charge on any atom is -0.481 e. The van der Waals surface area contributed by atoms with E-state index in [0.717, 1.165) is 25.0 Å². The number of benzene rings is 1. The zero-order chi connectivity index (χ0) is 31.6. The summed E-state index contributed by atoms with van der Waals surface area (Å²) in [5, 5.41) is 9.29. The maximum Gasteiger partial charge on any atom is 0.416 e. The fourth-order valence-electron chi connectivity index (χ4n) is 5.74. The van der Waals surface area contributed by atoms with Crippen LogP contribution in [0.1, 0.15) is 59.0 Å². The molecule has 2 saturated heterocycles. The Bertz CT molecular complexity index is 1480. The van der Waals surface area contributed by atoms with Gasteiger partial charge in [-0.25, -0.2) is 19.3 Å². The molecule has 9 nitrogen and oxygen atoms in total. The zero-order valence-electron chi connectivity index (χ0n) is 24.5. The van der Waals surface area contributed by atoms with Crippen molar-refractivity contribution in [3.8, 4) is 11.3 Å². The Labute approximate surface area is 256 Å². The van der Waals surface area contributed by atoms with Gasteiger partial charge in [-0.3, -0.25) is 19.4 Å². The molecule has 0 saturated carbocycles. The summed E-state index contributed by atoms with van der Waals surface area (Å²) < 4.78 is 54.9. The number of thiazole rings is 1. The van der Waals surface area contributed by atoms with Gasteiger partial charge in [0.15, 0.2) is 5.78 Å². The van der Waals surface area contributed by atoms with Crippen LogP contribution in [0.2, 0.25) is 0 Å². The minimum absolute atomic E-state index is 0.0222. The van der Waals surface area contributed by atoms with Crippen molar-refractivity contribution >= 4 is 28.9 Å². The Morgan fingerprint density at radius 3 is 2.34 bits per heavy atom. The lowest BCUT2D eigenvalue weighted by atomic mass is 10.1. The van der Waals surface area contributed by atoms with Crippen molar-refractivity contribution in [3.63, 3.8) is 0 Å². The van der Waals surface area contributed by atoms with Gasteiger partial charge in [-0.05, 0) is 44.9 Å². The molecule has 2 aliphatic heterocycles. The number of nitrogens with zero attached hydrogens (tertiary/aromatic N) is 6. The molecular formula is C30H34F4N6O3S. The molecule has 5 rings (SSSR count). The molecule has 1 aromatic carbocycles. The van der Waals surface area contributed by atoms with E-state index in [-0.39, 0.29) is 47.7 Å². The van der Waals surface area contributed by atoms with Gasteiger partial charge in [0.2, 0.25) is 0 Å². The normalized spacial score (nSPS) is 19.9. The third-order valence-electron chi connectivity index (χ3n) is 8.27. The SMILES string of the molecule is C[C@@H]1CC[C@H](C)N1Cc1sc(CC(=O)c2cnc(N3CCN(CCC(=O)O)CC3)cn2)nc1-c1cc(F)cc(C(F)(F)F)c1. The molecule has 2 fully saturated rings. The molecule has 0 bridgehead atoms. The molecular weight excluding hydrogens is 600 g/mol. The number of aromatic nitrogens is 3. The Morgan fingerprint density at radius 1 is 1.02 bits per heavy atom. The van der Waals surface area contributed by atoms with Crippen molar-refractivity contribution in [1.29, 1.82) is 0 Å². The van der Waals surface area contributed by atoms with Gasteiger partial charge >= 0.3 is 12.1 Å². The monoisotopic (exact) mass is 634 g/mol. The third-order valence-corrected chi connectivity index (χ3v) is 9.31. The summed E-state index contributed by atoms with van der Waals surface area (Å²) in [5.74, 6) is -1.57. The topological polar surface area (TPSA) is 103 Å². The summed E-state index contributed by atoms with van der Waals surface area (Å²) in [7, 11) is 0. The van der Waals surface area contributed by atoms with Gasteiger partial charge < -0.3 is 10.0 Å². The Morgan fingerprint density at radius 2 is 1.73 bits per heavy atom. The Hall–Kier alpha value is -3.49. The van der Waals surface area contributed by atoms with Gasteiger partial charge in [0.1, 0.15) is 22.3 Å². The molecule has 3 aromatic rings. The average Bonchev–Trinajstić information content (AvgIpc) is 3.53. The number of ketones is 1. The second kappa shape index (κ2) is 13.2. The summed E-state index contributed by atoms with van der Waals surface area (Å²) in [4.78, 5) is 44.3. The van der Waals surface area contributed by atoms with E-state index >= 15 is 0 Å². The third kappa shape index (κ3) is 7.59. The van der Waals surface area contributed by atoms with E-state index in [9.17, 15) is 27.2 Å². The van der Waals surface area contributed by atoms with Crippen molar-refractivity contribution < 1.29 is 32.3 Å². The first-order chi connectivity index (χ1) is 20.9. The molecule has 0 amide bonds. The van der Waals surface area contributed by atoms with Crippen LogP contribution >= 0.6 is 11.3 Å². The van der Waals surface area contributed by atoms with Crippen LogP contribution in [0.25, 0.3) is 11.3 Å². The van der Waals surface area contributed by atoms with Crippen LogP contribution in [0.3, 0.4) is 0 Å². The quantitative estimate of drug-likeness (QED) is 0.240. The number of halogens is 4. The molecule has 2 aromatic heterocycles. The molecule has 2 atom stereocenters. The average molecular weight is 635 g/mol. The number of carbonyl (C=O) groups is 2. The highest BCUT2D eigenvalue weighted by Gasteiger charge is 2.33. The molecule has 236 valence electrons. The van der Waals surface area contributed by atoms with Gasteiger partial charge in [-0.1, -0.05) is 0 Å². The number of carbonyl (C=O) groups excluding carboxylic acids is 1. The van der Waals surface area contributed by atoms with E-state index in [1.54, 1.807) is 0 Å². The van der Waals surface area contributed by atoms with E-state index in [4.69, 9.17) is 5.11 Å². The molecule has 4 heterocycles. The van der Waals surface area contributed by atoms with E-state index in [0.29, 0.717) is 61.0 Å². The first-order valence-electron chi connectivity index (χ1n) is 14.5. The number of Topliss-reactive ketones (excluding diaryl/α,β-unsaturated/α-hetero) is 1. The first-order valence-corrected chi connectivity index (χ1v) is 15.4. The highest BCUT2D eigenvalue weighted by molar-refractivity contribution is 7.12. The molecule has 44 heavy (non-hydrogen) atoms. The number of likely N-dealkylation sites (tertiary alicyclic amines) is 1. The lowest BCUT2D eigenvalue weighted by Gasteiger charge is -2.34. The number of carboxylic acid groups (broad SMARTS) is 1. The van der Waals surface area contributed by atoms with E-state index in [2.05, 4.69) is 38.6 Å². The molecule has 0 radical (unpaired) electrons. The lowest BCUT2D eigenvalue weighted by molar-refractivity contribution is -0.138. The highest BCUT2D eigenvalue weighted by atomic mass is 32.1. The summed E-state index contributed by atoms with van der Waals surface area (Å²) in [6.07, 6.45) is 0.164. The van der Waals surface area contributed by atoms with Crippen LogP contribution in [0.15, 0.2) is 30.6 Å². The fraction of sp³-hybridized carbons (Fsp3) is 0.500. The van der Waals surface area contributed by atoms with Crippen LogP contribution < -0.4 is 4.90 Å². The summed E-state index contributed by atoms with van der Waals surface area (Å²) in [6, 6.07) is 2.95. The maximum atomic E-state index is 14.4. The molecule has 1 N–H and O–H groups in total. The highest BCUT2D eigenvalue weighted by Crippen LogP contribution is 2.37. The number of piperazine rings is 1. The molecule has 14 heteroatoms. The summed E-state index contributed by atoms with van der Waals surface area (Å²) in [6.45, 7) is 7.79. The fourth-order valence-corrected chi connectivity index (χ4v) is 6.83. The standard InChI is InChI=1S/C30H34F4N6O3S/c1-18-3-4-19(2)40(18)17-25-29(20-11-21(30(32,33)34)13-22(31)12-20)37-27(44-25)14-24(41)23-15-36-26(16-35-23)39-9-7-38(8-10-39)6-5-28(42)43/h11-13,15-16,18-19H,3-10,14,17H2,1-2H3,(H,42,43)/t18-,19+. The first kappa shape index (κ1) is 31.9. The van der Waals surface area contributed by atoms with Gasteiger partial charge in [0.05, 0.1) is 36.5 Å². The van der Waals surface area contributed by atoms with Crippen molar-refractivity contribution in [2.45, 2.75) is 64.3 Å². The molecule has 0 aliphatic carbocycles. The summed E-state index contributed by atoms with van der Waals surface area (Å²) >= 11 is 1.24. The smallest absolute Gasteiger partial charge is 0.416 e. The lowest BCUT2D eigenvalue weighted by Crippen LogP contribution is -2.47. The van der Waals surface area contributed by atoms with Crippen molar-refractivity contribution in [1.82, 2.24) is 24.8 Å². The van der Waals surface area contributed by atoms with Crippen LogP contribution in [0.5, 0.6) is 0 Å².